The summed E-state index contributed by atoms with van der Waals surface area (Å²) in [4.78, 5) is 28.6. The van der Waals surface area contributed by atoms with Crippen LogP contribution in [0.5, 0.6) is 0 Å². The molecule has 2 N–H and O–H groups in total. The van der Waals surface area contributed by atoms with Crippen LogP contribution in [0.3, 0.4) is 0 Å². The molecule has 5 nitrogen and oxygen atoms in total. The van der Waals surface area contributed by atoms with Crippen molar-refractivity contribution < 1.29 is 14.3 Å². The number of aromatic amines is 1. The maximum atomic E-state index is 13.3. The fraction of sp³-hybridized carbons (Fsp3) is 0.625. The minimum atomic E-state index is -0.179. The molecule has 3 fully saturated rings. The number of aromatic nitrogens is 1. The summed E-state index contributed by atoms with van der Waals surface area (Å²) in [5, 5.41) is 3.14. The van der Waals surface area contributed by atoms with Crippen LogP contribution in [0, 0.1) is 11.8 Å². The Labute approximate surface area is 222 Å². The summed E-state index contributed by atoms with van der Waals surface area (Å²) in [7, 11) is 1.42. The highest BCUT2D eigenvalue weighted by Gasteiger charge is 2.40. The third-order valence-electron chi connectivity index (χ3n) is 9.17. The van der Waals surface area contributed by atoms with E-state index in [0.717, 1.165) is 12.1 Å². The van der Waals surface area contributed by atoms with Gasteiger partial charge in [-0.2, -0.15) is 0 Å². The average Bonchev–Trinajstić information content (AvgIpc) is 3.47. The van der Waals surface area contributed by atoms with Gasteiger partial charge < -0.3 is 15.0 Å². The molecule has 1 amide bonds. The van der Waals surface area contributed by atoms with Gasteiger partial charge in [0.05, 0.1) is 13.0 Å². The van der Waals surface area contributed by atoms with E-state index in [0.29, 0.717) is 24.5 Å². The summed E-state index contributed by atoms with van der Waals surface area (Å²) in [6, 6.07) is 9.23. The van der Waals surface area contributed by atoms with Gasteiger partial charge in [-0.3, -0.25) is 9.59 Å². The van der Waals surface area contributed by atoms with Crippen LogP contribution in [0.15, 0.2) is 24.3 Å². The first kappa shape index (κ1) is 26.1. The molecule has 0 spiro atoms. The number of ether oxygens (including phenoxy) is 1. The Hall–Kier alpha value is -2.56. The molecule has 3 aliphatic rings. The highest BCUT2D eigenvalue weighted by atomic mass is 16.5. The van der Waals surface area contributed by atoms with E-state index in [1.54, 1.807) is 0 Å². The fourth-order valence-electron chi connectivity index (χ4n) is 6.13. The summed E-state index contributed by atoms with van der Waals surface area (Å²) >= 11 is 0. The van der Waals surface area contributed by atoms with E-state index < -0.39 is 0 Å². The zero-order chi connectivity index (χ0) is 26.4. The molecule has 200 valence electrons. The molecule has 37 heavy (non-hydrogen) atoms. The number of H-pyrrole nitrogens is 1. The molecule has 5 heteroatoms. The third kappa shape index (κ3) is 5.66. The molecule has 0 saturated heterocycles. The van der Waals surface area contributed by atoms with Gasteiger partial charge >= 0.3 is 5.97 Å². The largest absolute Gasteiger partial charge is 0.469 e. The summed E-state index contributed by atoms with van der Waals surface area (Å²) in [6.45, 7) is 9.21. The summed E-state index contributed by atoms with van der Waals surface area (Å²) in [5.74, 6) is 0.323. The van der Waals surface area contributed by atoms with Gasteiger partial charge in [0.1, 0.15) is 5.69 Å². The van der Waals surface area contributed by atoms with Crippen molar-refractivity contribution in [3.8, 4) is 11.3 Å². The normalized spacial score (nSPS) is 23.3. The van der Waals surface area contributed by atoms with Crippen molar-refractivity contribution in [2.24, 2.45) is 11.8 Å². The van der Waals surface area contributed by atoms with Gasteiger partial charge in [-0.05, 0) is 89.3 Å². The number of rotatable bonds is 7. The van der Waals surface area contributed by atoms with Gasteiger partial charge in [0.25, 0.3) is 5.91 Å². The molecule has 3 aliphatic carbocycles. The molecule has 1 heterocycles. The summed E-state index contributed by atoms with van der Waals surface area (Å²) in [5.41, 5.74) is 7.28. The molecule has 2 aromatic rings. The second-order valence-corrected chi connectivity index (χ2v) is 13.3. The average molecular weight is 505 g/mol. The molecule has 0 aliphatic heterocycles. The number of esters is 1. The van der Waals surface area contributed by atoms with Crippen LogP contribution < -0.4 is 5.32 Å². The number of methoxy groups -OCH3 is 1. The van der Waals surface area contributed by atoms with Gasteiger partial charge in [0, 0.05) is 11.7 Å². The van der Waals surface area contributed by atoms with E-state index in [4.69, 9.17) is 4.74 Å². The van der Waals surface area contributed by atoms with Gasteiger partial charge in [-0.25, -0.2) is 0 Å². The molecule has 1 aromatic heterocycles. The molecule has 0 bridgehead atoms. The third-order valence-corrected chi connectivity index (χ3v) is 9.17. The van der Waals surface area contributed by atoms with Crippen LogP contribution >= 0.6 is 0 Å². The van der Waals surface area contributed by atoms with E-state index in [-0.39, 0.29) is 34.7 Å². The van der Waals surface area contributed by atoms with Gasteiger partial charge in [0.2, 0.25) is 0 Å². The van der Waals surface area contributed by atoms with E-state index in [1.165, 1.54) is 74.3 Å². The molecule has 1 aromatic carbocycles. The predicted octanol–water partition coefficient (Wildman–Crippen LogP) is 6.83. The van der Waals surface area contributed by atoms with Gasteiger partial charge in [0.15, 0.2) is 0 Å². The predicted molar refractivity (Wildman–Crippen MR) is 148 cm³/mol. The van der Waals surface area contributed by atoms with Gasteiger partial charge in [-0.1, -0.05) is 65.9 Å². The van der Waals surface area contributed by atoms with Crippen molar-refractivity contribution >= 4 is 11.9 Å². The lowest BCUT2D eigenvalue weighted by Crippen LogP contribution is -2.47. The molecule has 3 saturated carbocycles. The van der Waals surface area contributed by atoms with Crippen LogP contribution in [0.2, 0.25) is 0 Å². The number of carbonyl (C=O) groups is 2. The number of hydrogen-bond donors (Lipinski definition) is 2. The molecule has 0 atom stereocenters. The van der Waals surface area contributed by atoms with Gasteiger partial charge in [-0.15, -0.1) is 0 Å². The van der Waals surface area contributed by atoms with Crippen molar-refractivity contribution in [3.63, 3.8) is 0 Å². The Morgan fingerprint density at radius 2 is 1.76 bits per heavy atom. The monoisotopic (exact) mass is 504 g/mol. The first-order valence-electron chi connectivity index (χ1n) is 14.3. The lowest BCUT2D eigenvalue weighted by atomic mass is 9.80. The van der Waals surface area contributed by atoms with Crippen LogP contribution in [0.25, 0.3) is 11.3 Å². The molecular weight excluding hydrogens is 460 g/mol. The van der Waals surface area contributed by atoms with Crippen molar-refractivity contribution in [2.45, 2.75) is 109 Å². The van der Waals surface area contributed by atoms with E-state index in [9.17, 15) is 9.59 Å². The minimum Gasteiger partial charge on any atom is -0.469 e. The second-order valence-electron chi connectivity index (χ2n) is 13.3. The van der Waals surface area contributed by atoms with Crippen LogP contribution in [0.1, 0.15) is 113 Å². The lowest BCUT2D eigenvalue weighted by Gasteiger charge is -2.33. The first-order valence-corrected chi connectivity index (χ1v) is 14.3. The highest BCUT2D eigenvalue weighted by Crippen LogP contribution is 2.49. The van der Waals surface area contributed by atoms with Crippen molar-refractivity contribution in [1.29, 1.82) is 0 Å². The Bertz CT molecular complexity index is 1130. The SMILES string of the molecule is COC(=O)[C@H]1C[C@H](NC(=O)c2cc(CC3CCCCC3)c(-c3cc(C(C)(C)C)cc(C4(C)CC4)c3)[nH]2)C1. The Balaban J connectivity index is 1.45. The summed E-state index contributed by atoms with van der Waals surface area (Å²) in [6.07, 6.45) is 11.3. The molecule has 0 unspecified atom stereocenters. The Morgan fingerprint density at radius 1 is 1.05 bits per heavy atom. The van der Waals surface area contributed by atoms with Crippen LogP contribution in [-0.2, 0) is 26.8 Å². The highest BCUT2D eigenvalue weighted by molar-refractivity contribution is 5.94. The maximum absolute atomic E-state index is 13.3. The van der Waals surface area contributed by atoms with Crippen LogP contribution in [0.4, 0.5) is 0 Å². The smallest absolute Gasteiger partial charge is 0.308 e. The fourth-order valence-corrected chi connectivity index (χ4v) is 6.13. The van der Waals surface area contributed by atoms with E-state index in [2.05, 4.69) is 62.3 Å². The molecular formula is C32H44N2O3. The Kier molecular flexibility index (Phi) is 7.02. The summed E-state index contributed by atoms with van der Waals surface area (Å²) < 4.78 is 4.85. The number of hydrogen-bond acceptors (Lipinski definition) is 3. The first-order chi connectivity index (χ1) is 17.6. The standard InChI is InChI=1S/C32H44N2O3/c1-31(2,3)24-14-22(15-25(19-24)32(4)11-12-32)28-21(13-20-9-7-6-8-10-20)18-27(34-28)29(35)33-26-16-23(17-26)30(36)37-5/h14-15,18-20,23,26,34H,6-13,16-17H2,1-5H3,(H,33,35)/t23-,26-. The number of nitrogens with one attached hydrogen (secondary N) is 2. The second kappa shape index (κ2) is 9.96. The van der Waals surface area contributed by atoms with E-state index >= 15 is 0 Å². The van der Waals surface area contributed by atoms with E-state index in [1.807, 2.05) is 0 Å². The Morgan fingerprint density at radius 3 is 2.38 bits per heavy atom. The zero-order valence-electron chi connectivity index (χ0n) is 23.3. The lowest BCUT2D eigenvalue weighted by molar-refractivity contribution is -0.149. The van der Waals surface area contributed by atoms with Crippen molar-refractivity contribution in [3.05, 3.63) is 46.6 Å². The van der Waals surface area contributed by atoms with Crippen molar-refractivity contribution in [1.82, 2.24) is 10.3 Å². The zero-order valence-corrected chi connectivity index (χ0v) is 23.3. The number of amides is 1. The maximum Gasteiger partial charge on any atom is 0.308 e. The molecule has 5 rings (SSSR count). The quantitative estimate of drug-likeness (QED) is 0.406. The minimum absolute atomic E-state index is 0.0239. The number of benzene rings is 1. The van der Waals surface area contributed by atoms with Crippen molar-refractivity contribution in [2.75, 3.05) is 7.11 Å². The number of carbonyl (C=O) groups excluding carboxylic acids is 2. The topological polar surface area (TPSA) is 71.2 Å². The van der Waals surface area contributed by atoms with Crippen LogP contribution in [-0.4, -0.2) is 30.0 Å². The molecule has 0 radical (unpaired) electrons.